The molecule has 0 aliphatic heterocycles. The maximum absolute atomic E-state index is 12.6. The molecule has 2 saturated carbocycles. The summed E-state index contributed by atoms with van der Waals surface area (Å²) < 4.78 is 84.9. The lowest BCUT2D eigenvalue weighted by atomic mass is 9.63. The van der Waals surface area contributed by atoms with Gasteiger partial charge in [-0.05, 0) is 67.1 Å². The summed E-state index contributed by atoms with van der Waals surface area (Å²) in [6.07, 6.45) is -8.33. The lowest BCUT2D eigenvalue weighted by molar-refractivity contribution is -0.314. The van der Waals surface area contributed by atoms with Crippen LogP contribution in [0.15, 0.2) is 47.1 Å². The van der Waals surface area contributed by atoms with Crippen LogP contribution in [0.1, 0.15) is 52.4 Å². The number of ether oxygens (including phenoxy) is 2. The molecule has 11 heteroatoms. The van der Waals surface area contributed by atoms with Gasteiger partial charge in [0.05, 0.1) is 18.3 Å². The average molecular weight is 539 g/mol. The predicted molar refractivity (Wildman–Crippen MR) is 122 cm³/mol. The van der Waals surface area contributed by atoms with Crippen molar-refractivity contribution < 1.29 is 50.8 Å². The molecule has 37 heavy (non-hydrogen) atoms. The predicted octanol–water partition coefficient (Wildman–Crippen LogP) is 5.49. The topological polar surface area (TPSA) is 76.0 Å². The number of halogens is 6. The summed E-state index contributed by atoms with van der Waals surface area (Å²) in [6.45, 7) is 6.51. The van der Waals surface area contributed by atoms with Gasteiger partial charge in [-0.2, -0.15) is 26.3 Å². The van der Waals surface area contributed by atoms with Gasteiger partial charge in [-0.3, -0.25) is 0 Å². The highest BCUT2D eigenvalue weighted by molar-refractivity contribution is 5.71. The first-order valence-electron chi connectivity index (χ1n) is 12.1. The van der Waals surface area contributed by atoms with Crippen molar-refractivity contribution in [1.82, 2.24) is 0 Å². The Hall–Kier alpha value is -2.11. The number of fused-ring (bicyclic) bond motifs is 1. The minimum atomic E-state index is -5.78. The van der Waals surface area contributed by atoms with E-state index >= 15 is 0 Å². The van der Waals surface area contributed by atoms with Gasteiger partial charge in [0, 0.05) is 6.42 Å². The van der Waals surface area contributed by atoms with Crippen molar-refractivity contribution in [3.8, 4) is 0 Å². The number of carbonyl (C=O) groups is 1. The molecule has 0 saturated heterocycles. The van der Waals surface area contributed by atoms with Crippen molar-refractivity contribution in [3.63, 3.8) is 0 Å². The summed E-state index contributed by atoms with van der Waals surface area (Å²) in [5, 5.41) is 20.1. The van der Waals surface area contributed by atoms with Crippen LogP contribution in [-0.2, 0) is 14.3 Å². The summed E-state index contributed by atoms with van der Waals surface area (Å²) in [5.41, 5.74) is 2.98. The molecule has 0 aromatic heterocycles. The zero-order valence-electron chi connectivity index (χ0n) is 20.7. The fourth-order valence-electron chi connectivity index (χ4n) is 5.71. The van der Waals surface area contributed by atoms with Crippen molar-refractivity contribution >= 4 is 5.97 Å². The van der Waals surface area contributed by atoms with E-state index < -0.39 is 49.3 Å². The van der Waals surface area contributed by atoms with E-state index in [1.807, 2.05) is 25.2 Å². The molecule has 5 atom stereocenters. The molecule has 2 N–H and O–H groups in total. The molecule has 3 aliphatic rings. The van der Waals surface area contributed by atoms with E-state index in [0.717, 1.165) is 36.0 Å². The highest BCUT2D eigenvalue weighted by Crippen LogP contribution is 2.55. The van der Waals surface area contributed by atoms with Gasteiger partial charge in [0.15, 0.2) is 0 Å². The lowest BCUT2D eigenvalue weighted by Gasteiger charge is -2.42. The Balaban J connectivity index is 1.66. The second kappa shape index (κ2) is 10.9. The van der Waals surface area contributed by atoms with Gasteiger partial charge in [0.1, 0.15) is 6.61 Å². The fraction of sp³-hybridized carbons (Fsp3) is 0.654. The SMILES string of the molecule is C=C1/C(=C\C=C2/CCC[C@]3(C)C(C(C)OCC(=O)OC(C(F)(F)F)C(F)(F)F)=CC[C@@H]23)C[C@@H](O)C[C@@H]1O. The quantitative estimate of drug-likeness (QED) is 0.266. The van der Waals surface area contributed by atoms with E-state index in [4.69, 9.17) is 4.74 Å². The fourth-order valence-corrected chi connectivity index (χ4v) is 5.71. The van der Waals surface area contributed by atoms with Crippen LogP contribution in [0, 0.1) is 11.3 Å². The standard InChI is InChI=1S/C26H32F6O5/c1-14-17(11-18(33)12-21(14)34)7-6-16-5-4-10-24(3)19(8-9-20(16)24)15(2)36-13-22(35)37-23(25(27,28)29)26(30,31)32/h6-8,15,18,20-21,23,33-34H,1,4-5,9-13H2,2-3H3/b16-6+,17-7-/t15?,18-,20+,21+,24-/m1/s1. The zero-order chi connectivity index (χ0) is 27.8. The monoisotopic (exact) mass is 538 g/mol. The van der Waals surface area contributed by atoms with E-state index in [-0.39, 0.29) is 17.8 Å². The Morgan fingerprint density at radius 1 is 1.22 bits per heavy atom. The van der Waals surface area contributed by atoms with Crippen molar-refractivity contribution in [2.45, 2.75) is 89.1 Å². The zero-order valence-corrected chi connectivity index (χ0v) is 20.7. The molecule has 0 amide bonds. The van der Waals surface area contributed by atoms with E-state index in [9.17, 15) is 41.4 Å². The number of alkyl halides is 6. The van der Waals surface area contributed by atoms with Crippen molar-refractivity contribution in [3.05, 3.63) is 47.1 Å². The number of rotatable bonds is 6. The molecule has 3 aliphatic carbocycles. The van der Waals surface area contributed by atoms with E-state index in [1.165, 1.54) is 0 Å². The smallest absolute Gasteiger partial charge is 0.434 e. The Bertz CT molecular complexity index is 965. The van der Waals surface area contributed by atoms with Crippen LogP contribution in [0.5, 0.6) is 0 Å². The number of carbonyl (C=O) groups excluding carboxylic acids is 1. The molecule has 5 nitrogen and oxygen atoms in total. The Morgan fingerprint density at radius 2 is 1.86 bits per heavy atom. The van der Waals surface area contributed by atoms with Gasteiger partial charge in [0.25, 0.3) is 6.10 Å². The van der Waals surface area contributed by atoms with Crippen LogP contribution < -0.4 is 0 Å². The number of aliphatic hydroxyl groups is 2. The van der Waals surface area contributed by atoms with Gasteiger partial charge >= 0.3 is 18.3 Å². The summed E-state index contributed by atoms with van der Waals surface area (Å²) >= 11 is 0. The molecule has 0 radical (unpaired) electrons. The first-order valence-corrected chi connectivity index (χ1v) is 12.1. The van der Waals surface area contributed by atoms with Gasteiger partial charge in [-0.15, -0.1) is 0 Å². The van der Waals surface area contributed by atoms with Gasteiger partial charge in [-0.1, -0.05) is 37.3 Å². The summed E-state index contributed by atoms with van der Waals surface area (Å²) in [5.74, 6) is -1.66. The number of hydrogen-bond donors (Lipinski definition) is 2. The summed E-state index contributed by atoms with van der Waals surface area (Å²) in [6, 6.07) is 0. The Kier molecular flexibility index (Phi) is 8.71. The molecule has 0 aromatic carbocycles. The van der Waals surface area contributed by atoms with E-state index in [1.54, 1.807) is 6.92 Å². The van der Waals surface area contributed by atoms with Crippen LogP contribution >= 0.6 is 0 Å². The van der Waals surface area contributed by atoms with E-state index in [0.29, 0.717) is 18.4 Å². The van der Waals surface area contributed by atoms with Crippen molar-refractivity contribution in [2.24, 2.45) is 11.3 Å². The summed E-state index contributed by atoms with van der Waals surface area (Å²) in [7, 11) is 0. The molecule has 0 bridgehead atoms. The van der Waals surface area contributed by atoms with E-state index in [2.05, 4.69) is 11.3 Å². The van der Waals surface area contributed by atoms with Crippen molar-refractivity contribution in [1.29, 1.82) is 0 Å². The normalized spacial score (nSPS) is 32.0. The first-order chi connectivity index (χ1) is 17.0. The Morgan fingerprint density at radius 3 is 2.49 bits per heavy atom. The molecule has 0 heterocycles. The van der Waals surface area contributed by atoms with Gasteiger partial charge < -0.3 is 19.7 Å². The maximum Gasteiger partial charge on any atom is 0.434 e. The summed E-state index contributed by atoms with van der Waals surface area (Å²) in [4.78, 5) is 11.8. The third kappa shape index (κ3) is 6.67. The molecule has 0 aromatic rings. The van der Waals surface area contributed by atoms with Crippen molar-refractivity contribution in [2.75, 3.05) is 6.61 Å². The minimum Gasteiger partial charge on any atom is -0.441 e. The number of hydrogen-bond acceptors (Lipinski definition) is 5. The van der Waals surface area contributed by atoms with Crippen LogP contribution in [0.4, 0.5) is 26.3 Å². The first kappa shape index (κ1) is 29.4. The second-order valence-electron chi connectivity index (χ2n) is 10.2. The highest BCUT2D eigenvalue weighted by atomic mass is 19.4. The van der Waals surface area contributed by atoms with Crippen LogP contribution in [0.25, 0.3) is 0 Å². The number of allylic oxidation sites excluding steroid dienone is 4. The largest absolute Gasteiger partial charge is 0.441 e. The average Bonchev–Trinajstić information content (AvgIpc) is 3.13. The molecule has 1 unspecified atom stereocenters. The van der Waals surface area contributed by atoms with Crippen LogP contribution in [0.2, 0.25) is 0 Å². The van der Waals surface area contributed by atoms with Gasteiger partial charge in [-0.25, -0.2) is 4.79 Å². The number of aliphatic hydroxyl groups excluding tert-OH is 2. The molecule has 0 spiro atoms. The molecule has 208 valence electrons. The minimum absolute atomic E-state index is 0.0950. The maximum atomic E-state index is 12.6. The van der Waals surface area contributed by atoms with Crippen LogP contribution in [-0.4, -0.2) is 59.6 Å². The van der Waals surface area contributed by atoms with Crippen LogP contribution in [0.3, 0.4) is 0 Å². The second-order valence-corrected chi connectivity index (χ2v) is 10.2. The molecular formula is C26H32F6O5. The lowest BCUT2D eigenvalue weighted by Crippen LogP contribution is -2.46. The highest BCUT2D eigenvalue weighted by Gasteiger charge is 2.60. The molecular weight excluding hydrogens is 506 g/mol. The molecule has 2 fully saturated rings. The van der Waals surface area contributed by atoms with Gasteiger partial charge in [0.2, 0.25) is 0 Å². The third-order valence-electron chi connectivity index (χ3n) is 7.61. The Labute approximate surface area is 211 Å². The third-order valence-corrected chi connectivity index (χ3v) is 7.61. The molecule has 3 rings (SSSR count). The number of esters is 1.